The van der Waals surface area contributed by atoms with Gasteiger partial charge in [-0.05, 0) is 0 Å². The number of hydrogen-bond donors (Lipinski definition) is 1. The number of halogens is 3. The molecule has 0 saturated carbocycles. The SMILES string of the molecule is O=S(=O)([O-])O.[Ca+2].[Cl-].[Cl-].[Cl-].[Fe+2]. The second-order valence-electron chi connectivity index (χ2n) is 0.428. The smallest absolute Gasteiger partial charge is 1.00 e. The van der Waals surface area contributed by atoms with E-state index in [0.717, 1.165) is 0 Å². The van der Waals surface area contributed by atoms with Crippen LogP contribution in [0.2, 0.25) is 0 Å². The van der Waals surface area contributed by atoms with Gasteiger partial charge >= 0.3 is 54.8 Å². The van der Waals surface area contributed by atoms with Crippen molar-refractivity contribution in [3.63, 3.8) is 0 Å². The van der Waals surface area contributed by atoms with Gasteiger partial charge in [0.05, 0.1) is 0 Å². The van der Waals surface area contributed by atoms with Gasteiger partial charge in [-0.3, -0.25) is 4.55 Å². The Morgan fingerprint density at radius 1 is 1.10 bits per heavy atom. The van der Waals surface area contributed by atoms with Gasteiger partial charge in [-0.2, -0.15) is 0 Å². The standard InChI is InChI=1S/Ca.3ClH.Fe.H2O4S/c;;;;;1-5(2,3)4/h;3*1H;;(H2,1,2,3,4)/q+2;;;;+2;/p-4. The second kappa shape index (κ2) is 17.6. The minimum atomic E-state index is -4.92. The maximum Gasteiger partial charge on any atom is 2.00 e. The molecule has 10 heteroatoms. The zero-order valence-electron chi connectivity index (χ0n) is 4.27. The van der Waals surface area contributed by atoms with E-state index in [9.17, 15) is 0 Å². The van der Waals surface area contributed by atoms with Crippen molar-refractivity contribution in [3.8, 4) is 0 Å². The van der Waals surface area contributed by atoms with Crippen molar-refractivity contribution >= 4 is 48.1 Å². The van der Waals surface area contributed by atoms with Crippen LogP contribution in [0.4, 0.5) is 0 Å². The second-order valence-corrected chi connectivity index (χ2v) is 1.28. The van der Waals surface area contributed by atoms with Crippen LogP contribution in [-0.4, -0.2) is 55.3 Å². The summed E-state index contributed by atoms with van der Waals surface area (Å²) in [7, 11) is -4.92. The molecular weight excluding hydrogens is 298 g/mol. The predicted molar refractivity (Wildman–Crippen MR) is 18.1 cm³/mol. The van der Waals surface area contributed by atoms with Crippen LogP contribution in [0.1, 0.15) is 0 Å². The number of rotatable bonds is 0. The number of hydrogen-bond acceptors (Lipinski definition) is 3. The van der Waals surface area contributed by atoms with Crippen molar-refractivity contribution in [2.24, 2.45) is 0 Å². The summed E-state index contributed by atoms with van der Waals surface area (Å²) in [5.74, 6) is 0. The summed E-state index contributed by atoms with van der Waals surface area (Å²) in [5.41, 5.74) is 0. The molecule has 0 heterocycles. The Labute approximate surface area is 118 Å². The fourth-order valence-corrected chi connectivity index (χ4v) is 0. The van der Waals surface area contributed by atoms with Crippen LogP contribution in [0.25, 0.3) is 0 Å². The monoisotopic (exact) mass is 298 g/mol. The zero-order chi connectivity index (χ0) is 4.50. The molecule has 0 aromatic rings. The van der Waals surface area contributed by atoms with Crippen LogP contribution in [0.5, 0.6) is 0 Å². The molecular formula is HCaCl3FeO4S. The Morgan fingerprint density at radius 3 is 1.10 bits per heavy atom. The van der Waals surface area contributed by atoms with Gasteiger partial charge < -0.3 is 41.8 Å². The Balaban J connectivity index is -0.00000000800. The molecule has 62 valence electrons. The average Bonchev–Trinajstić information content (AvgIpc) is 0.722. The van der Waals surface area contributed by atoms with Crippen LogP contribution in [0.15, 0.2) is 0 Å². The molecule has 10 heavy (non-hydrogen) atoms. The Kier molecular flexibility index (Phi) is 68.6. The summed E-state index contributed by atoms with van der Waals surface area (Å²) in [4.78, 5) is 0. The molecule has 0 bridgehead atoms. The first-order valence-electron chi connectivity index (χ1n) is 0.683. The third kappa shape index (κ3) is 150. The van der Waals surface area contributed by atoms with Gasteiger partial charge in [0.15, 0.2) is 0 Å². The van der Waals surface area contributed by atoms with Crippen LogP contribution in [-0.2, 0) is 27.5 Å². The van der Waals surface area contributed by atoms with Gasteiger partial charge in [0, 0.05) is 0 Å². The first-order chi connectivity index (χ1) is 2.00. The summed E-state index contributed by atoms with van der Waals surface area (Å²) in [6.07, 6.45) is 0. The molecule has 0 rings (SSSR count). The fraction of sp³-hybridized carbons (Fsp3) is 0. The maximum absolute atomic E-state index is 8.63. The van der Waals surface area contributed by atoms with Gasteiger partial charge in [-0.25, -0.2) is 8.42 Å². The summed E-state index contributed by atoms with van der Waals surface area (Å²) < 4.78 is 32.8. The molecule has 0 fully saturated rings. The maximum atomic E-state index is 8.63. The third-order valence-corrected chi connectivity index (χ3v) is 0. The van der Waals surface area contributed by atoms with Gasteiger partial charge in [0.25, 0.3) is 0 Å². The molecule has 0 atom stereocenters. The van der Waals surface area contributed by atoms with Crippen LogP contribution in [0.3, 0.4) is 0 Å². The predicted octanol–water partition coefficient (Wildman–Crippen LogP) is -10.4. The molecule has 0 aliphatic carbocycles. The van der Waals surface area contributed by atoms with E-state index in [4.69, 9.17) is 17.5 Å². The molecule has 0 unspecified atom stereocenters. The van der Waals surface area contributed by atoms with E-state index >= 15 is 0 Å². The van der Waals surface area contributed by atoms with Gasteiger partial charge in [-0.1, -0.05) is 0 Å². The van der Waals surface area contributed by atoms with E-state index in [-0.39, 0.29) is 92.0 Å². The van der Waals surface area contributed by atoms with E-state index in [1.165, 1.54) is 0 Å². The molecule has 0 spiro atoms. The average molecular weight is 299 g/mol. The summed E-state index contributed by atoms with van der Waals surface area (Å²) in [6, 6.07) is 0. The molecule has 0 aromatic carbocycles. The van der Waals surface area contributed by atoms with Gasteiger partial charge in [-0.15, -0.1) is 0 Å². The van der Waals surface area contributed by atoms with Crippen molar-refractivity contribution in [2.75, 3.05) is 0 Å². The minimum Gasteiger partial charge on any atom is -1.00 e. The van der Waals surface area contributed by atoms with E-state index in [1.54, 1.807) is 0 Å². The van der Waals surface area contributed by atoms with Crippen LogP contribution >= 0.6 is 0 Å². The van der Waals surface area contributed by atoms with Crippen molar-refractivity contribution < 1.29 is 71.8 Å². The van der Waals surface area contributed by atoms with Crippen molar-refractivity contribution in [1.29, 1.82) is 0 Å². The normalized spacial score (nSPS) is 5.80. The van der Waals surface area contributed by atoms with Gasteiger partial charge in [0.1, 0.15) is 0 Å². The van der Waals surface area contributed by atoms with E-state index in [1.807, 2.05) is 0 Å². The van der Waals surface area contributed by atoms with E-state index < -0.39 is 10.4 Å². The Morgan fingerprint density at radius 2 is 1.10 bits per heavy atom. The van der Waals surface area contributed by atoms with E-state index in [2.05, 4.69) is 0 Å². The van der Waals surface area contributed by atoms with Crippen molar-refractivity contribution in [1.82, 2.24) is 0 Å². The quantitative estimate of drug-likeness (QED) is 0.274. The first-order valence-corrected chi connectivity index (χ1v) is 2.05. The molecule has 0 aliphatic heterocycles. The largest absolute Gasteiger partial charge is 2.00 e. The van der Waals surface area contributed by atoms with Gasteiger partial charge in [0.2, 0.25) is 10.4 Å². The third-order valence-electron chi connectivity index (χ3n) is 0. The van der Waals surface area contributed by atoms with Crippen LogP contribution in [0, 0.1) is 0 Å². The first kappa shape index (κ1) is 39.1. The summed E-state index contributed by atoms with van der Waals surface area (Å²) >= 11 is 0. The summed E-state index contributed by atoms with van der Waals surface area (Å²) in [5, 5.41) is 0. The van der Waals surface area contributed by atoms with Crippen LogP contribution < -0.4 is 37.2 Å². The molecule has 4 nitrogen and oxygen atoms in total. The minimum absolute atomic E-state index is 0. The summed E-state index contributed by atoms with van der Waals surface area (Å²) in [6.45, 7) is 0. The van der Waals surface area contributed by atoms with Crippen molar-refractivity contribution in [2.45, 2.75) is 0 Å². The topological polar surface area (TPSA) is 77.4 Å². The molecule has 0 aromatic heterocycles. The Hall–Kier alpha value is 2.52. The molecule has 0 aliphatic rings. The molecule has 0 radical (unpaired) electrons. The van der Waals surface area contributed by atoms with E-state index in [0.29, 0.717) is 0 Å². The Bertz CT molecular complexity index is 104. The zero-order valence-corrected chi connectivity index (χ0v) is 10.7. The fourth-order valence-electron chi connectivity index (χ4n) is 0. The van der Waals surface area contributed by atoms with Crippen molar-refractivity contribution in [3.05, 3.63) is 0 Å². The molecule has 1 N–H and O–H groups in total. The molecule has 0 amide bonds. The molecule has 0 saturated heterocycles.